The average molecular weight is 424 g/mol. The van der Waals surface area contributed by atoms with Crippen LogP contribution in [0.1, 0.15) is 41.5 Å². The fraction of sp³-hybridized carbons (Fsp3) is 0.333. The second kappa shape index (κ2) is 9.75. The van der Waals surface area contributed by atoms with Gasteiger partial charge in [0.15, 0.2) is 12.5 Å². The monoisotopic (exact) mass is 424 g/mol. The number of hydrogen-bond donors (Lipinski definition) is 1. The van der Waals surface area contributed by atoms with Crippen LogP contribution in [0.15, 0.2) is 59.1 Å². The van der Waals surface area contributed by atoms with Crippen molar-refractivity contribution in [3.63, 3.8) is 0 Å². The maximum atomic E-state index is 13.4. The smallest absolute Gasteiger partial charge is 0.341 e. The molecule has 1 N–H and O–H groups in total. The minimum absolute atomic E-state index is 0.230. The lowest BCUT2D eigenvalue weighted by Crippen LogP contribution is -2.34. The van der Waals surface area contributed by atoms with Gasteiger partial charge < -0.3 is 14.3 Å². The first-order valence-corrected chi connectivity index (χ1v) is 10.4. The van der Waals surface area contributed by atoms with Gasteiger partial charge in [-0.2, -0.15) is 0 Å². The third kappa shape index (κ3) is 5.92. The van der Waals surface area contributed by atoms with Crippen molar-refractivity contribution in [3.05, 3.63) is 83.3 Å². The van der Waals surface area contributed by atoms with Crippen LogP contribution in [-0.4, -0.2) is 40.7 Å². The van der Waals surface area contributed by atoms with E-state index in [0.29, 0.717) is 12.2 Å². The number of nitrogens with zero attached hydrogens (tertiary/aromatic N) is 2. The molecule has 0 unspecified atom stereocenters. The van der Waals surface area contributed by atoms with Gasteiger partial charge in [-0.1, -0.05) is 24.3 Å². The molecule has 1 fully saturated rings. The zero-order valence-corrected chi connectivity index (χ0v) is 17.2. The Morgan fingerprint density at radius 2 is 2.06 bits per heavy atom. The highest BCUT2D eigenvalue weighted by molar-refractivity contribution is 5.68. The van der Waals surface area contributed by atoms with Crippen molar-refractivity contribution in [3.8, 4) is 5.75 Å². The maximum Gasteiger partial charge on any atom is 0.341 e. The number of ether oxygens (including phenoxy) is 1. The number of aromatic nitrogens is 1. The molecule has 6 nitrogen and oxygen atoms in total. The fourth-order valence-electron chi connectivity index (χ4n) is 3.94. The van der Waals surface area contributed by atoms with E-state index in [-0.39, 0.29) is 18.3 Å². The topological polar surface area (TPSA) is 75.8 Å². The van der Waals surface area contributed by atoms with E-state index in [4.69, 9.17) is 14.3 Å². The summed E-state index contributed by atoms with van der Waals surface area (Å²) in [4.78, 5) is 17.5. The summed E-state index contributed by atoms with van der Waals surface area (Å²) in [6.45, 7) is 2.32. The van der Waals surface area contributed by atoms with Gasteiger partial charge in [-0.3, -0.25) is 4.90 Å². The Bertz CT molecular complexity index is 1020. The number of hydrogen-bond acceptors (Lipinski definition) is 5. The van der Waals surface area contributed by atoms with E-state index in [9.17, 15) is 9.18 Å². The van der Waals surface area contributed by atoms with Crippen LogP contribution in [0.2, 0.25) is 0 Å². The highest BCUT2D eigenvalue weighted by Gasteiger charge is 2.25. The Hall–Kier alpha value is -3.19. The number of aliphatic carboxylic acids is 1. The molecule has 1 aromatic heterocycles. The highest BCUT2D eigenvalue weighted by Crippen LogP contribution is 2.28. The fourth-order valence-corrected chi connectivity index (χ4v) is 3.94. The van der Waals surface area contributed by atoms with Gasteiger partial charge in [0.1, 0.15) is 17.3 Å². The molecule has 1 saturated heterocycles. The summed E-state index contributed by atoms with van der Waals surface area (Å²) in [6, 6.07) is 14.0. The first kappa shape index (κ1) is 21.1. The lowest BCUT2D eigenvalue weighted by Gasteiger charge is -2.31. The number of carbonyl (C=O) groups is 1. The third-order valence-corrected chi connectivity index (χ3v) is 5.39. The Kier molecular flexibility index (Phi) is 6.62. The summed E-state index contributed by atoms with van der Waals surface area (Å²) in [5.74, 6) is 1.03. The number of benzene rings is 2. The lowest BCUT2D eigenvalue weighted by atomic mass is 9.97. The molecule has 0 saturated carbocycles. The predicted octanol–water partition coefficient (Wildman–Crippen LogP) is 4.25. The number of rotatable bonds is 8. The molecule has 1 atom stereocenters. The van der Waals surface area contributed by atoms with Gasteiger partial charge in [-0.05, 0) is 54.8 Å². The summed E-state index contributed by atoms with van der Waals surface area (Å²) in [5.41, 5.74) is 2.01. The van der Waals surface area contributed by atoms with Crippen molar-refractivity contribution in [1.82, 2.24) is 9.88 Å². The molecule has 4 rings (SSSR count). The van der Waals surface area contributed by atoms with Crippen molar-refractivity contribution in [2.45, 2.75) is 31.7 Å². The van der Waals surface area contributed by atoms with Crippen LogP contribution in [0.3, 0.4) is 0 Å². The van der Waals surface area contributed by atoms with Crippen molar-refractivity contribution in [2.75, 3.05) is 19.7 Å². The molecule has 0 bridgehead atoms. The van der Waals surface area contributed by atoms with Crippen molar-refractivity contribution >= 4 is 5.97 Å². The lowest BCUT2D eigenvalue weighted by molar-refractivity contribution is -0.139. The molecule has 2 aromatic carbocycles. The van der Waals surface area contributed by atoms with Crippen molar-refractivity contribution in [1.29, 1.82) is 0 Å². The van der Waals surface area contributed by atoms with E-state index in [1.54, 1.807) is 24.4 Å². The third-order valence-electron chi connectivity index (χ3n) is 5.39. The Morgan fingerprint density at radius 3 is 2.84 bits per heavy atom. The van der Waals surface area contributed by atoms with E-state index in [1.807, 2.05) is 18.2 Å². The number of carboxylic acid groups (broad SMARTS) is 1. The first-order valence-electron chi connectivity index (χ1n) is 10.4. The molecular formula is C24H25FN2O4. The van der Waals surface area contributed by atoms with E-state index in [1.165, 1.54) is 12.1 Å². The summed E-state index contributed by atoms with van der Waals surface area (Å²) in [7, 11) is 0. The second-order valence-electron chi connectivity index (χ2n) is 7.87. The Labute approximate surface area is 180 Å². The molecule has 1 aliphatic heterocycles. The van der Waals surface area contributed by atoms with Gasteiger partial charge in [0.2, 0.25) is 0 Å². The van der Waals surface area contributed by atoms with Crippen molar-refractivity contribution in [2.24, 2.45) is 0 Å². The van der Waals surface area contributed by atoms with E-state index in [0.717, 1.165) is 55.3 Å². The molecule has 2 heterocycles. The van der Waals surface area contributed by atoms with Crippen LogP contribution in [-0.2, 0) is 17.8 Å². The van der Waals surface area contributed by atoms with Gasteiger partial charge in [0, 0.05) is 25.4 Å². The molecule has 3 aromatic rings. The van der Waals surface area contributed by atoms with E-state index in [2.05, 4.69) is 9.88 Å². The Morgan fingerprint density at radius 1 is 1.23 bits per heavy atom. The van der Waals surface area contributed by atoms with Crippen LogP contribution in [0.25, 0.3) is 0 Å². The van der Waals surface area contributed by atoms with Gasteiger partial charge in [0.25, 0.3) is 0 Å². The molecule has 1 aliphatic rings. The van der Waals surface area contributed by atoms with Crippen LogP contribution in [0.4, 0.5) is 4.39 Å². The summed E-state index contributed by atoms with van der Waals surface area (Å²) in [5, 5.41) is 8.69. The largest absolute Gasteiger partial charge is 0.482 e. The van der Waals surface area contributed by atoms with Gasteiger partial charge in [-0.15, -0.1) is 0 Å². The van der Waals surface area contributed by atoms with Crippen LogP contribution < -0.4 is 4.74 Å². The minimum atomic E-state index is -0.992. The number of oxazole rings is 1. The van der Waals surface area contributed by atoms with E-state index < -0.39 is 5.97 Å². The zero-order valence-electron chi connectivity index (χ0n) is 17.2. The maximum absolute atomic E-state index is 13.4. The SMILES string of the molecule is O=C(O)COc1ccc(CN2CCC[C@H](c3ncc(Cc4cccc(F)c4)o3)C2)cc1. The average Bonchev–Trinajstić information content (AvgIpc) is 3.22. The van der Waals surface area contributed by atoms with Crippen molar-refractivity contribution < 1.29 is 23.4 Å². The first-order chi connectivity index (χ1) is 15.0. The number of piperidine rings is 1. The second-order valence-corrected chi connectivity index (χ2v) is 7.87. The zero-order chi connectivity index (χ0) is 21.6. The van der Waals surface area contributed by atoms with Gasteiger partial charge in [-0.25, -0.2) is 14.2 Å². The summed E-state index contributed by atoms with van der Waals surface area (Å²) >= 11 is 0. The van der Waals surface area contributed by atoms with Crippen LogP contribution in [0, 0.1) is 5.82 Å². The van der Waals surface area contributed by atoms with Gasteiger partial charge >= 0.3 is 5.97 Å². The normalized spacial score (nSPS) is 16.9. The quantitative estimate of drug-likeness (QED) is 0.583. The number of likely N-dealkylation sites (tertiary alicyclic amines) is 1. The highest BCUT2D eigenvalue weighted by atomic mass is 19.1. The standard InChI is InChI=1S/C24H25FN2O4/c25-20-5-1-3-18(11-20)12-22-13-26-24(31-22)19-4-2-10-27(15-19)14-17-6-8-21(9-7-17)30-16-23(28)29/h1,3,5-9,11,13,19H,2,4,10,12,14-16H2,(H,28,29)/t19-/m0/s1. The number of halogens is 1. The Balaban J connectivity index is 1.33. The molecule has 0 aliphatic carbocycles. The summed E-state index contributed by atoms with van der Waals surface area (Å²) < 4.78 is 24.6. The molecule has 0 spiro atoms. The molecular weight excluding hydrogens is 399 g/mol. The molecule has 7 heteroatoms. The van der Waals surface area contributed by atoms with E-state index >= 15 is 0 Å². The molecule has 162 valence electrons. The van der Waals surface area contributed by atoms with Crippen LogP contribution in [0.5, 0.6) is 5.75 Å². The molecule has 0 amide bonds. The summed E-state index contributed by atoms with van der Waals surface area (Å²) in [6.07, 6.45) is 4.36. The minimum Gasteiger partial charge on any atom is -0.482 e. The predicted molar refractivity (Wildman–Crippen MR) is 113 cm³/mol. The number of carboxylic acids is 1. The van der Waals surface area contributed by atoms with Gasteiger partial charge in [0.05, 0.1) is 6.20 Å². The molecule has 0 radical (unpaired) electrons. The molecule has 31 heavy (non-hydrogen) atoms. The van der Waals surface area contributed by atoms with Crippen LogP contribution >= 0.6 is 0 Å².